The van der Waals surface area contributed by atoms with Crippen LogP contribution in [-0.2, 0) is 13.6 Å². The van der Waals surface area contributed by atoms with E-state index in [9.17, 15) is 0 Å². The van der Waals surface area contributed by atoms with Gasteiger partial charge in [0.15, 0.2) is 0 Å². The fourth-order valence-electron chi connectivity index (χ4n) is 1.54. The van der Waals surface area contributed by atoms with Crippen LogP contribution in [0, 0.1) is 6.92 Å². The Balaban J connectivity index is 2.02. The molecule has 3 N–H and O–H groups in total. The summed E-state index contributed by atoms with van der Waals surface area (Å²) in [5, 5.41) is 7.61. The van der Waals surface area contributed by atoms with Crippen LogP contribution >= 0.6 is 0 Å². The summed E-state index contributed by atoms with van der Waals surface area (Å²) in [7, 11) is 1.91. The van der Waals surface area contributed by atoms with Crippen molar-refractivity contribution in [3.63, 3.8) is 0 Å². The first-order valence-corrected chi connectivity index (χ1v) is 5.23. The Kier molecular flexibility index (Phi) is 2.81. The number of hydrogen-bond acceptors (Lipinski definition) is 3. The SMILES string of the molecule is Cc1cc(NCc2ccn(C)n2)ccc1N. The molecule has 1 heterocycles. The van der Waals surface area contributed by atoms with Crippen molar-refractivity contribution in [2.24, 2.45) is 7.05 Å². The molecule has 0 atom stereocenters. The Morgan fingerprint density at radius 2 is 2.19 bits per heavy atom. The van der Waals surface area contributed by atoms with Crippen LogP contribution in [0.3, 0.4) is 0 Å². The van der Waals surface area contributed by atoms with Gasteiger partial charge in [-0.05, 0) is 36.8 Å². The minimum Gasteiger partial charge on any atom is -0.399 e. The standard InChI is InChI=1S/C12H16N4/c1-9-7-10(3-4-12(9)13)14-8-11-5-6-16(2)15-11/h3-7,14H,8,13H2,1-2H3. The molecule has 0 saturated carbocycles. The molecule has 84 valence electrons. The number of benzene rings is 1. The number of rotatable bonds is 3. The molecule has 0 spiro atoms. The molecule has 0 aliphatic rings. The quantitative estimate of drug-likeness (QED) is 0.771. The lowest BCUT2D eigenvalue weighted by molar-refractivity contribution is 0.747. The summed E-state index contributed by atoms with van der Waals surface area (Å²) in [4.78, 5) is 0. The molecule has 2 rings (SSSR count). The summed E-state index contributed by atoms with van der Waals surface area (Å²) in [6.45, 7) is 2.73. The summed E-state index contributed by atoms with van der Waals surface area (Å²) in [6.07, 6.45) is 1.94. The van der Waals surface area contributed by atoms with Gasteiger partial charge in [-0.25, -0.2) is 0 Å². The molecule has 16 heavy (non-hydrogen) atoms. The van der Waals surface area contributed by atoms with E-state index >= 15 is 0 Å². The van der Waals surface area contributed by atoms with E-state index in [-0.39, 0.29) is 0 Å². The van der Waals surface area contributed by atoms with E-state index in [0.717, 1.165) is 29.2 Å². The summed E-state index contributed by atoms with van der Waals surface area (Å²) in [5.74, 6) is 0. The van der Waals surface area contributed by atoms with Crippen LogP contribution in [0.4, 0.5) is 11.4 Å². The molecular formula is C12H16N4. The fraction of sp³-hybridized carbons (Fsp3) is 0.250. The van der Waals surface area contributed by atoms with E-state index in [1.165, 1.54) is 0 Å². The second-order valence-corrected chi connectivity index (χ2v) is 3.91. The minimum absolute atomic E-state index is 0.726. The summed E-state index contributed by atoms with van der Waals surface area (Å²) in [6, 6.07) is 7.93. The van der Waals surface area contributed by atoms with Crippen molar-refractivity contribution in [3.8, 4) is 0 Å². The normalized spacial score (nSPS) is 10.4. The Bertz CT molecular complexity index is 488. The highest BCUT2D eigenvalue weighted by Gasteiger charge is 1.98. The van der Waals surface area contributed by atoms with Gasteiger partial charge in [0.25, 0.3) is 0 Å². The van der Waals surface area contributed by atoms with Gasteiger partial charge in [0, 0.05) is 24.6 Å². The molecular weight excluding hydrogens is 200 g/mol. The molecule has 0 saturated heterocycles. The first-order valence-electron chi connectivity index (χ1n) is 5.23. The van der Waals surface area contributed by atoms with Crippen molar-refractivity contribution in [2.45, 2.75) is 13.5 Å². The van der Waals surface area contributed by atoms with Gasteiger partial charge in [-0.3, -0.25) is 4.68 Å². The number of nitrogens with one attached hydrogen (secondary N) is 1. The van der Waals surface area contributed by atoms with E-state index in [4.69, 9.17) is 5.73 Å². The van der Waals surface area contributed by atoms with Crippen LogP contribution in [0.25, 0.3) is 0 Å². The van der Waals surface area contributed by atoms with Gasteiger partial charge in [-0.1, -0.05) is 0 Å². The summed E-state index contributed by atoms with van der Waals surface area (Å²) < 4.78 is 1.80. The number of aryl methyl sites for hydroxylation is 2. The Morgan fingerprint density at radius 1 is 1.38 bits per heavy atom. The number of hydrogen-bond donors (Lipinski definition) is 2. The van der Waals surface area contributed by atoms with Gasteiger partial charge < -0.3 is 11.1 Å². The van der Waals surface area contributed by atoms with Gasteiger partial charge in [-0.15, -0.1) is 0 Å². The molecule has 1 aromatic carbocycles. The smallest absolute Gasteiger partial charge is 0.0815 e. The summed E-state index contributed by atoms with van der Waals surface area (Å²) in [5.41, 5.74) is 9.76. The molecule has 4 heteroatoms. The summed E-state index contributed by atoms with van der Waals surface area (Å²) >= 11 is 0. The third-order valence-corrected chi connectivity index (χ3v) is 2.51. The zero-order valence-electron chi connectivity index (χ0n) is 9.57. The molecule has 4 nitrogen and oxygen atoms in total. The van der Waals surface area contributed by atoms with Crippen LogP contribution in [-0.4, -0.2) is 9.78 Å². The van der Waals surface area contributed by atoms with Crippen LogP contribution in [0.2, 0.25) is 0 Å². The predicted molar refractivity (Wildman–Crippen MR) is 66.1 cm³/mol. The topological polar surface area (TPSA) is 55.9 Å². The second-order valence-electron chi connectivity index (χ2n) is 3.91. The molecule has 0 aliphatic carbocycles. The van der Waals surface area contributed by atoms with Gasteiger partial charge >= 0.3 is 0 Å². The Morgan fingerprint density at radius 3 is 2.81 bits per heavy atom. The number of nitrogens with zero attached hydrogens (tertiary/aromatic N) is 2. The van der Waals surface area contributed by atoms with Gasteiger partial charge in [-0.2, -0.15) is 5.10 Å². The highest BCUT2D eigenvalue weighted by atomic mass is 15.3. The maximum atomic E-state index is 5.76. The van der Waals surface area contributed by atoms with E-state index in [2.05, 4.69) is 10.4 Å². The number of nitrogen functional groups attached to an aromatic ring is 1. The van der Waals surface area contributed by atoms with E-state index in [0.29, 0.717) is 0 Å². The lowest BCUT2D eigenvalue weighted by Crippen LogP contribution is -2.01. The zero-order valence-corrected chi connectivity index (χ0v) is 9.57. The van der Waals surface area contributed by atoms with Crippen LogP contribution in [0.1, 0.15) is 11.3 Å². The molecule has 0 unspecified atom stereocenters. The predicted octanol–water partition coefficient (Wildman–Crippen LogP) is 1.92. The maximum absolute atomic E-state index is 5.76. The maximum Gasteiger partial charge on any atom is 0.0815 e. The number of anilines is 2. The van der Waals surface area contributed by atoms with Crippen molar-refractivity contribution >= 4 is 11.4 Å². The molecule has 0 fully saturated rings. The van der Waals surface area contributed by atoms with Gasteiger partial charge in [0.1, 0.15) is 0 Å². The van der Waals surface area contributed by atoms with Gasteiger partial charge in [0.05, 0.1) is 12.2 Å². The molecule has 1 aromatic heterocycles. The Hall–Kier alpha value is -1.97. The van der Waals surface area contributed by atoms with Crippen LogP contribution in [0.5, 0.6) is 0 Å². The largest absolute Gasteiger partial charge is 0.399 e. The van der Waals surface area contributed by atoms with E-state index in [1.54, 1.807) is 4.68 Å². The average molecular weight is 216 g/mol. The van der Waals surface area contributed by atoms with Crippen molar-refractivity contribution < 1.29 is 0 Å². The third-order valence-electron chi connectivity index (χ3n) is 2.51. The Labute approximate surface area is 95.1 Å². The van der Waals surface area contributed by atoms with Crippen molar-refractivity contribution in [3.05, 3.63) is 41.7 Å². The highest BCUT2D eigenvalue weighted by Crippen LogP contribution is 2.16. The molecule has 0 radical (unpaired) electrons. The minimum atomic E-state index is 0.726. The van der Waals surface area contributed by atoms with E-state index in [1.807, 2.05) is 44.4 Å². The molecule has 0 bridgehead atoms. The fourth-order valence-corrected chi connectivity index (χ4v) is 1.54. The molecule has 0 amide bonds. The van der Waals surface area contributed by atoms with Crippen LogP contribution < -0.4 is 11.1 Å². The second kappa shape index (κ2) is 4.26. The van der Waals surface area contributed by atoms with Gasteiger partial charge in [0.2, 0.25) is 0 Å². The first kappa shape index (κ1) is 10.5. The lowest BCUT2D eigenvalue weighted by atomic mass is 10.2. The molecule has 0 aliphatic heterocycles. The number of aromatic nitrogens is 2. The average Bonchev–Trinajstić information content (AvgIpc) is 2.66. The van der Waals surface area contributed by atoms with Crippen LogP contribution in [0.15, 0.2) is 30.5 Å². The van der Waals surface area contributed by atoms with E-state index < -0.39 is 0 Å². The zero-order chi connectivity index (χ0) is 11.5. The van der Waals surface area contributed by atoms with Crippen molar-refractivity contribution in [1.29, 1.82) is 0 Å². The molecule has 2 aromatic rings. The first-order chi connectivity index (χ1) is 7.65. The number of nitrogens with two attached hydrogens (primary N) is 1. The highest BCUT2D eigenvalue weighted by molar-refractivity contribution is 5.56. The monoisotopic (exact) mass is 216 g/mol. The van der Waals surface area contributed by atoms with Crippen molar-refractivity contribution in [1.82, 2.24) is 9.78 Å². The van der Waals surface area contributed by atoms with Crippen molar-refractivity contribution in [2.75, 3.05) is 11.1 Å². The third kappa shape index (κ3) is 2.34. The lowest BCUT2D eigenvalue weighted by Gasteiger charge is -2.07.